The lowest BCUT2D eigenvalue weighted by atomic mass is 10.1. The van der Waals surface area contributed by atoms with Gasteiger partial charge in [0, 0.05) is 5.69 Å². The van der Waals surface area contributed by atoms with Crippen LogP contribution >= 0.6 is 9.24 Å². The van der Waals surface area contributed by atoms with Gasteiger partial charge in [-0.2, -0.15) is 0 Å². The Morgan fingerprint density at radius 1 is 0.889 bits per heavy atom. The third kappa shape index (κ3) is 8.53. The van der Waals surface area contributed by atoms with Crippen LogP contribution < -0.4 is 5.73 Å². The summed E-state index contributed by atoms with van der Waals surface area (Å²) >= 11 is 0. The summed E-state index contributed by atoms with van der Waals surface area (Å²) in [5, 5.41) is 0. The van der Waals surface area contributed by atoms with Gasteiger partial charge in [-0.1, -0.05) is 60.3 Å². The first kappa shape index (κ1) is 22.6. The van der Waals surface area contributed by atoms with Crippen molar-refractivity contribution in [1.82, 2.24) is 0 Å². The van der Waals surface area contributed by atoms with Gasteiger partial charge in [-0.25, -0.2) is 0 Å². The van der Waals surface area contributed by atoms with Gasteiger partial charge in [0.05, 0.1) is 0 Å². The number of nitrogens with two attached hydrogens (primary N) is 1. The molecule has 0 amide bonds. The molecular weight excluding hydrogens is 237 g/mol. The Morgan fingerprint density at radius 2 is 1.39 bits per heavy atom. The van der Waals surface area contributed by atoms with E-state index in [0.29, 0.717) is 0 Å². The van der Waals surface area contributed by atoms with Crippen LogP contribution in [-0.2, 0) is 12.8 Å². The molecule has 1 aliphatic rings. The molecule has 108 valence electrons. The molecule has 0 saturated carbocycles. The Kier molecular flexibility index (Phi) is 23.6. The first-order chi connectivity index (χ1) is 8.88. The monoisotopic (exact) mass is 271 g/mol. The molecule has 1 aliphatic carbocycles. The normalized spacial score (nSPS) is 9.78. The SMILES string of the molecule is CC.CC.CC.CP.Nc1cccc2c1CCC2. The zero-order valence-corrected chi connectivity index (χ0v) is 14.7. The van der Waals surface area contributed by atoms with Crippen molar-refractivity contribution in [3.05, 3.63) is 29.3 Å². The Balaban J connectivity index is -0.000000244. The largest absolute Gasteiger partial charge is 0.398 e. The molecule has 1 unspecified atom stereocenters. The first-order valence-corrected chi connectivity index (χ1v) is 8.47. The van der Waals surface area contributed by atoms with E-state index in [1.165, 1.54) is 30.4 Å². The summed E-state index contributed by atoms with van der Waals surface area (Å²) in [6.45, 7) is 13.9. The Morgan fingerprint density at radius 3 is 1.83 bits per heavy atom. The summed E-state index contributed by atoms with van der Waals surface area (Å²) in [5.74, 6) is 0. The minimum Gasteiger partial charge on any atom is -0.398 e. The fourth-order valence-electron chi connectivity index (χ4n) is 1.65. The van der Waals surface area contributed by atoms with E-state index in [9.17, 15) is 0 Å². The van der Waals surface area contributed by atoms with Crippen LogP contribution in [-0.4, -0.2) is 6.66 Å². The van der Waals surface area contributed by atoms with Gasteiger partial charge in [-0.3, -0.25) is 0 Å². The summed E-state index contributed by atoms with van der Waals surface area (Å²) < 4.78 is 0. The zero-order valence-electron chi connectivity index (χ0n) is 13.5. The fraction of sp³-hybridized carbons (Fsp3) is 0.625. The second-order valence-electron chi connectivity index (χ2n) is 2.84. The molecule has 2 heteroatoms. The van der Waals surface area contributed by atoms with E-state index >= 15 is 0 Å². The van der Waals surface area contributed by atoms with E-state index in [4.69, 9.17) is 5.73 Å². The molecule has 0 aromatic heterocycles. The third-order valence-corrected chi connectivity index (χ3v) is 2.18. The Hall–Kier alpha value is -0.550. The number of rotatable bonds is 0. The molecule has 0 radical (unpaired) electrons. The van der Waals surface area contributed by atoms with Crippen LogP contribution in [0.3, 0.4) is 0 Å². The molecule has 0 heterocycles. The predicted octanol–water partition coefficient (Wildman–Crippen LogP) is 5.33. The second-order valence-corrected chi connectivity index (χ2v) is 2.84. The molecule has 0 saturated heterocycles. The Bertz CT molecular complexity index is 259. The molecule has 0 aliphatic heterocycles. The maximum Gasteiger partial charge on any atom is 0.0349 e. The number of aryl methyl sites for hydroxylation is 1. The molecule has 0 bridgehead atoms. The number of hydrogen-bond donors (Lipinski definition) is 1. The molecule has 2 rings (SSSR count). The van der Waals surface area contributed by atoms with E-state index in [1.54, 1.807) is 0 Å². The predicted molar refractivity (Wildman–Crippen MR) is 92.6 cm³/mol. The molecule has 0 fully saturated rings. The maximum atomic E-state index is 5.77. The first-order valence-electron chi connectivity index (χ1n) is 7.32. The molecule has 18 heavy (non-hydrogen) atoms. The molecule has 1 aromatic rings. The van der Waals surface area contributed by atoms with Crippen LogP contribution in [0, 0.1) is 0 Å². The standard InChI is InChI=1S/C9H11N.3C2H6.CH5P/c10-9-6-2-4-7-3-1-5-8(7)9;4*1-2/h2,4,6H,1,3,5,10H2;3*1-2H3;2H2,1H3. The van der Waals surface area contributed by atoms with Crippen LogP contribution in [0.25, 0.3) is 0 Å². The van der Waals surface area contributed by atoms with Crippen LogP contribution in [0.15, 0.2) is 18.2 Å². The molecule has 1 aromatic carbocycles. The van der Waals surface area contributed by atoms with Gasteiger partial charge in [0.2, 0.25) is 0 Å². The number of hydrogen-bond acceptors (Lipinski definition) is 1. The van der Waals surface area contributed by atoms with Crippen molar-refractivity contribution in [3.8, 4) is 0 Å². The highest BCUT2D eigenvalue weighted by molar-refractivity contribution is 7.15. The van der Waals surface area contributed by atoms with Crippen LogP contribution in [0.4, 0.5) is 5.69 Å². The van der Waals surface area contributed by atoms with Crippen LogP contribution in [0.1, 0.15) is 59.1 Å². The van der Waals surface area contributed by atoms with Crippen LogP contribution in [0.2, 0.25) is 0 Å². The van der Waals surface area contributed by atoms with Crippen molar-refractivity contribution in [3.63, 3.8) is 0 Å². The van der Waals surface area contributed by atoms with Crippen molar-refractivity contribution in [2.45, 2.75) is 60.8 Å². The highest BCUT2D eigenvalue weighted by atomic mass is 31.0. The summed E-state index contributed by atoms with van der Waals surface area (Å²) in [5.41, 5.74) is 9.60. The minimum atomic E-state index is 0.981. The van der Waals surface area contributed by atoms with Gasteiger partial charge in [-0.05, 0) is 36.5 Å². The summed E-state index contributed by atoms with van der Waals surface area (Å²) in [6, 6.07) is 6.21. The lowest BCUT2D eigenvalue weighted by Crippen LogP contribution is -1.91. The molecule has 1 atom stereocenters. The lowest BCUT2D eigenvalue weighted by molar-refractivity contribution is 0.912. The van der Waals surface area contributed by atoms with E-state index < -0.39 is 0 Å². The number of anilines is 1. The van der Waals surface area contributed by atoms with Crippen molar-refractivity contribution < 1.29 is 0 Å². The topological polar surface area (TPSA) is 26.0 Å². The lowest BCUT2D eigenvalue weighted by Gasteiger charge is -2.00. The maximum absolute atomic E-state index is 5.77. The average Bonchev–Trinajstić information content (AvgIpc) is 2.98. The van der Waals surface area contributed by atoms with Crippen molar-refractivity contribution in [2.75, 3.05) is 12.4 Å². The minimum absolute atomic E-state index is 0.981. The molecule has 2 N–H and O–H groups in total. The second kappa shape index (κ2) is 18.8. The van der Waals surface area contributed by atoms with Crippen molar-refractivity contribution in [2.24, 2.45) is 0 Å². The number of benzene rings is 1. The number of fused-ring (bicyclic) bond motifs is 1. The van der Waals surface area contributed by atoms with Gasteiger partial charge in [-0.15, -0.1) is 9.24 Å². The quantitative estimate of drug-likeness (QED) is 0.501. The fourth-order valence-corrected chi connectivity index (χ4v) is 1.65. The molecular formula is C16H34NP. The van der Waals surface area contributed by atoms with Gasteiger partial charge < -0.3 is 5.73 Å². The van der Waals surface area contributed by atoms with Gasteiger partial charge >= 0.3 is 0 Å². The highest BCUT2D eigenvalue weighted by Crippen LogP contribution is 2.26. The summed E-state index contributed by atoms with van der Waals surface area (Å²) in [7, 11) is 2.42. The summed E-state index contributed by atoms with van der Waals surface area (Å²) in [4.78, 5) is 0. The Labute approximate surface area is 118 Å². The van der Waals surface area contributed by atoms with Crippen LogP contribution in [0.5, 0.6) is 0 Å². The zero-order chi connectivity index (χ0) is 15.0. The third-order valence-electron chi connectivity index (χ3n) is 2.18. The van der Waals surface area contributed by atoms with E-state index in [1.807, 2.05) is 60.3 Å². The van der Waals surface area contributed by atoms with E-state index in [0.717, 1.165) is 5.69 Å². The molecule has 0 spiro atoms. The smallest absolute Gasteiger partial charge is 0.0349 e. The average molecular weight is 271 g/mol. The summed E-state index contributed by atoms with van der Waals surface area (Å²) in [6.07, 6.45) is 3.69. The van der Waals surface area contributed by atoms with Gasteiger partial charge in [0.15, 0.2) is 0 Å². The highest BCUT2D eigenvalue weighted by Gasteiger charge is 2.11. The van der Waals surface area contributed by atoms with Crippen molar-refractivity contribution in [1.29, 1.82) is 0 Å². The molecule has 1 nitrogen and oxygen atoms in total. The van der Waals surface area contributed by atoms with E-state index in [2.05, 4.69) is 15.3 Å². The van der Waals surface area contributed by atoms with Gasteiger partial charge in [0.1, 0.15) is 0 Å². The number of nitrogen functional groups attached to an aromatic ring is 1. The van der Waals surface area contributed by atoms with Crippen molar-refractivity contribution >= 4 is 14.9 Å². The van der Waals surface area contributed by atoms with E-state index in [-0.39, 0.29) is 0 Å². The van der Waals surface area contributed by atoms with Gasteiger partial charge in [0.25, 0.3) is 0 Å².